The summed E-state index contributed by atoms with van der Waals surface area (Å²) in [6.45, 7) is 4.15. The molecule has 4 rings (SSSR count). The molecule has 31 heavy (non-hydrogen) atoms. The third kappa shape index (κ3) is 4.95. The van der Waals surface area contributed by atoms with Gasteiger partial charge in [0.15, 0.2) is 6.61 Å². The molecule has 8 heteroatoms. The Morgan fingerprint density at radius 3 is 2.74 bits per heavy atom. The molecular weight excluding hydrogens is 412 g/mol. The van der Waals surface area contributed by atoms with Crippen molar-refractivity contribution in [2.24, 2.45) is 0 Å². The molecule has 1 fully saturated rings. The van der Waals surface area contributed by atoms with Gasteiger partial charge in [0.05, 0.1) is 0 Å². The Kier molecular flexibility index (Phi) is 6.34. The van der Waals surface area contributed by atoms with Gasteiger partial charge in [0.1, 0.15) is 11.8 Å². The van der Waals surface area contributed by atoms with E-state index in [1.165, 1.54) is 0 Å². The summed E-state index contributed by atoms with van der Waals surface area (Å²) in [6, 6.07) is 13.7. The highest BCUT2D eigenvalue weighted by Crippen LogP contribution is 2.25. The second-order valence-corrected chi connectivity index (χ2v) is 8.07. The van der Waals surface area contributed by atoms with E-state index in [4.69, 9.17) is 9.15 Å². The number of aryl methyl sites for hydroxylation is 1. The molecule has 0 atom stereocenters. The maximum Gasteiger partial charge on any atom is 0.260 e. The fourth-order valence-electron chi connectivity index (χ4n) is 3.33. The van der Waals surface area contributed by atoms with Crippen LogP contribution >= 0.6 is 11.3 Å². The zero-order chi connectivity index (χ0) is 21.6. The Hall–Kier alpha value is -3.57. The molecule has 0 radical (unpaired) electrons. The molecule has 0 saturated carbocycles. The molecule has 0 N–H and O–H groups in total. The molecule has 1 aromatic carbocycles. The lowest BCUT2D eigenvalue weighted by atomic mass is 10.2. The Morgan fingerprint density at radius 1 is 1.23 bits per heavy atom. The maximum absolute atomic E-state index is 12.5. The van der Waals surface area contributed by atoms with Crippen LogP contribution in [0.15, 0.2) is 46.2 Å². The molecule has 3 aromatic rings. The van der Waals surface area contributed by atoms with Crippen molar-refractivity contribution < 1.29 is 13.9 Å². The van der Waals surface area contributed by atoms with E-state index in [1.54, 1.807) is 22.3 Å². The van der Waals surface area contributed by atoms with Crippen LogP contribution in [0, 0.1) is 18.3 Å². The monoisotopic (exact) mass is 434 g/mol. The quantitative estimate of drug-likeness (QED) is 0.587. The minimum Gasteiger partial charge on any atom is -0.484 e. The van der Waals surface area contributed by atoms with Crippen molar-refractivity contribution in [3.8, 4) is 11.8 Å². The van der Waals surface area contributed by atoms with E-state index in [9.17, 15) is 10.1 Å². The summed E-state index contributed by atoms with van der Waals surface area (Å²) >= 11 is 1.61. The highest BCUT2D eigenvalue weighted by atomic mass is 32.1. The summed E-state index contributed by atoms with van der Waals surface area (Å²) in [4.78, 5) is 21.6. The Bertz CT molecular complexity index is 1110. The van der Waals surface area contributed by atoms with Crippen LogP contribution in [0.5, 0.6) is 5.75 Å². The number of benzene rings is 1. The Balaban J connectivity index is 1.34. The van der Waals surface area contributed by atoms with Crippen molar-refractivity contribution in [2.75, 3.05) is 37.7 Å². The summed E-state index contributed by atoms with van der Waals surface area (Å²) in [5, 5.41) is 11.4. The first-order chi connectivity index (χ1) is 15.1. The van der Waals surface area contributed by atoms with Gasteiger partial charge in [-0.1, -0.05) is 24.3 Å². The number of hydrogen-bond acceptors (Lipinski definition) is 7. The van der Waals surface area contributed by atoms with Gasteiger partial charge in [-0.2, -0.15) is 10.2 Å². The standard InChI is InChI=1S/C23H22N4O3S/c1-17-5-2-3-7-20(17)29-16-22(28)26-10-12-27(13-11-26)23-19(15-24)25-21(30-23)9-8-18-6-4-14-31-18/h2-9,14H,10-13,16H2,1H3/b9-8+. The molecule has 0 bridgehead atoms. The van der Waals surface area contributed by atoms with Crippen LogP contribution in [0.3, 0.4) is 0 Å². The van der Waals surface area contributed by atoms with Gasteiger partial charge in [-0.3, -0.25) is 4.79 Å². The van der Waals surface area contributed by atoms with Crippen LogP contribution in [0.4, 0.5) is 5.88 Å². The summed E-state index contributed by atoms with van der Waals surface area (Å²) in [5.74, 6) is 1.51. The SMILES string of the molecule is Cc1ccccc1OCC(=O)N1CCN(c2oc(/C=C/c3cccs3)nc2C#N)CC1. The fourth-order valence-corrected chi connectivity index (χ4v) is 3.95. The average Bonchev–Trinajstić information content (AvgIpc) is 3.47. The molecular formula is C23H22N4O3S. The predicted octanol–water partition coefficient (Wildman–Crippen LogP) is 3.81. The van der Waals surface area contributed by atoms with E-state index < -0.39 is 0 Å². The summed E-state index contributed by atoms with van der Waals surface area (Å²) < 4.78 is 11.5. The summed E-state index contributed by atoms with van der Waals surface area (Å²) in [6.07, 6.45) is 3.67. The zero-order valence-corrected chi connectivity index (χ0v) is 18.0. The van der Waals surface area contributed by atoms with E-state index in [0.717, 1.165) is 16.2 Å². The number of carbonyl (C=O) groups is 1. The predicted molar refractivity (Wildman–Crippen MR) is 120 cm³/mol. The molecule has 0 unspecified atom stereocenters. The lowest BCUT2D eigenvalue weighted by molar-refractivity contribution is -0.133. The molecule has 158 valence electrons. The highest BCUT2D eigenvalue weighted by Gasteiger charge is 2.26. The maximum atomic E-state index is 12.5. The zero-order valence-electron chi connectivity index (χ0n) is 17.2. The van der Waals surface area contributed by atoms with Crippen molar-refractivity contribution in [1.82, 2.24) is 9.88 Å². The Morgan fingerprint density at radius 2 is 2.03 bits per heavy atom. The lowest BCUT2D eigenvalue weighted by Crippen LogP contribution is -2.50. The normalized spacial score (nSPS) is 14.1. The second kappa shape index (κ2) is 9.49. The fraction of sp³-hybridized carbons (Fsp3) is 0.261. The lowest BCUT2D eigenvalue weighted by Gasteiger charge is -2.34. The number of para-hydroxylation sites is 1. The third-order valence-electron chi connectivity index (χ3n) is 5.03. The molecule has 2 aromatic heterocycles. The first kappa shape index (κ1) is 20.7. The number of nitriles is 1. The van der Waals surface area contributed by atoms with Crippen LogP contribution in [-0.4, -0.2) is 48.6 Å². The van der Waals surface area contributed by atoms with Crippen molar-refractivity contribution >= 4 is 35.3 Å². The number of rotatable bonds is 6. The van der Waals surface area contributed by atoms with Gasteiger partial charge in [0.25, 0.3) is 5.91 Å². The van der Waals surface area contributed by atoms with Gasteiger partial charge < -0.3 is 19.0 Å². The van der Waals surface area contributed by atoms with Crippen molar-refractivity contribution in [3.63, 3.8) is 0 Å². The smallest absolute Gasteiger partial charge is 0.260 e. The molecule has 1 saturated heterocycles. The molecule has 3 heterocycles. The van der Waals surface area contributed by atoms with Gasteiger partial charge in [-0.25, -0.2) is 0 Å². The number of anilines is 1. The summed E-state index contributed by atoms with van der Waals surface area (Å²) in [7, 11) is 0. The minimum absolute atomic E-state index is 0.00820. The van der Waals surface area contributed by atoms with Crippen molar-refractivity contribution in [1.29, 1.82) is 5.26 Å². The number of piperazine rings is 1. The van der Waals surface area contributed by atoms with E-state index >= 15 is 0 Å². The number of carbonyl (C=O) groups excluding carboxylic acids is 1. The second-order valence-electron chi connectivity index (χ2n) is 7.09. The number of thiophene rings is 1. The molecule has 0 aliphatic carbocycles. The number of ether oxygens (including phenoxy) is 1. The number of nitrogens with zero attached hydrogens (tertiary/aromatic N) is 4. The van der Waals surface area contributed by atoms with Crippen LogP contribution in [0.1, 0.15) is 22.0 Å². The van der Waals surface area contributed by atoms with Crippen LogP contribution in [0.25, 0.3) is 12.2 Å². The first-order valence-electron chi connectivity index (χ1n) is 9.97. The van der Waals surface area contributed by atoms with E-state index in [1.807, 2.05) is 59.7 Å². The molecule has 7 nitrogen and oxygen atoms in total. The largest absolute Gasteiger partial charge is 0.484 e. The van der Waals surface area contributed by atoms with Crippen molar-refractivity contribution in [3.05, 3.63) is 63.8 Å². The number of amides is 1. The minimum atomic E-state index is -0.0550. The first-order valence-corrected chi connectivity index (χ1v) is 10.9. The van der Waals surface area contributed by atoms with Crippen LogP contribution in [-0.2, 0) is 4.79 Å². The molecule has 1 aliphatic heterocycles. The van der Waals surface area contributed by atoms with Gasteiger partial charge in [-0.05, 0) is 36.1 Å². The molecule has 0 spiro atoms. The number of oxazole rings is 1. The topological polar surface area (TPSA) is 82.6 Å². The van der Waals surface area contributed by atoms with E-state index in [2.05, 4.69) is 11.1 Å². The van der Waals surface area contributed by atoms with Gasteiger partial charge in [0, 0.05) is 37.1 Å². The third-order valence-corrected chi connectivity index (χ3v) is 5.87. The van der Waals surface area contributed by atoms with Crippen molar-refractivity contribution in [2.45, 2.75) is 6.92 Å². The molecule has 1 amide bonds. The average molecular weight is 435 g/mol. The van der Waals surface area contributed by atoms with Gasteiger partial charge in [-0.15, -0.1) is 11.3 Å². The van der Waals surface area contributed by atoms with E-state index in [-0.39, 0.29) is 18.2 Å². The van der Waals surface area contributed by atoms with Gasteiger partial charge in [0.2, 0.25) is 17.5 Å². The van der Waals surface area contributed by atoms with E-state index in [0.29, 0.717) is 38.0 Å². The van der Waals surface area contributed by atoms with Crippen LogP contribution < -0.4 is 9.64 Å². The van der Waals surface area contributed by atoms with Gasteiger partial charge >= 0.3 is 0 Å². The molecule has 1 aliphatic rings. The number of hydrogen-bond donors (Lipinski definition) is 0. The summed E-state index contributed by atoms with van der Waals surface area (Å²) in [5.41, 5.74) is 1.26. The Labute approximate surface area is 184 Å². The van der Waals surface area contributed by atoms with Crippen LogP contribution in [0.2, 0.25) is 0 Å². The highest BCUT2D eigenvalue weighted by molar-refractivity contribution is 7.10. The number of aromatic nitrogens is 1.